The third-order valence-corrected chi connectivity index (χ3v) is 4.28. The van der Waals surface area contributed by atoms with Crippen LogP contribution in [0.3, 0.4) is 0 Å². The first kappa shape index (κ1) is 11.8. The summed E-state index contributed by atoms with van der Waals surface area (Å²) in [6, 6.07) is 2.10. The number of aryl methyl sites for hydroxylation is 1. The minimum Gasteiger partial charge on any atom is -0.222 e. The van der Waals surface area contributed by atoms with Crippen molar-refractivity contribution in [2.75, 3.05) is 0 Å². The molecule has 0 bridgehead atoms. The molecule has 1 atom stereocenters. The molecule has 2 rings (SSSR count). The normalized spacial score (nSPS) is 13.2. The maximum absolute atomic E-state index is 6.19. The van der Waals surface area contributed by atoms with E-state index in [2.05, 4.69) is 36.8 Å². The summed E-state index contributed by atoms with van der Waals surface area (Å²) in [6.45, 7) is 6.41. The first-order valence-electron chi connectivity index (χ1n) is 5.61. The van der Waals surface area contributed by atoms with E-state index in [1.54, 1.807) is 11.3 Å². The topological polar surface area (TPSA) is 25.8 Å². The lowest BCUT2D eigenvalue weighted by Crippen LogP contribution is -1.99. The molecule has 0 fully saturated rings. The molecule has 4 heteroatoms. The van der Waals surface area contributed by atoms with E-state index in [-0.39, 0.29) is 0 Å². The maximum Gasteiger partial charge on any atom is 0.141 e. The molecule has 0 saturated carbocycles. The smallest absolute Gasteiger partial charge is 0.141 e. The first-order chi connectivity index (χ1) is 7.65. The molecule has 2 heterocycles. The average Bonchev–Trinajstić information content (AvgIpc) is 2.71. The van der Waals surface area contributed by atoms with Gasteiger partial charge in [0, 0.05) is 16.2 Å². The lowest BCUT2D eigenvalue weighted by molar-refractivity contribution is 0.684. The Hall–Kier alpha value is -0.670. The SMILES string of the molecule is CCc1cc2c(Cl)nc(C(C)CC)nc2s1. The fraction of sp³-hybridized carbons (Fsp3) is 0.500. The summed E-state index contributed by atoms with van der Waals surface area (Å²) < 4.78 is 0. The Bertz CT molecular complexity index is 507. The second kappa shape index (κ2) is 4.68. The van der Waals surface area contributed by atoms with Crippen LogP contribution in [0.5, 0.6) is 0 Å². The Kier molecular flexibility index (Phi) is 3.45. The van der Waals surface area contributed by atoms with Gasteiger partial charge in [-0.25, -0.2) is 9.97 Å². The highest BCUT2D eigenvalue weighted by atomic mass is 35.5. The van der Waals surface area contributed by atoms with Gasteiger partial charge in [-0.1, -0.05) is 32.4 Å². The van der Waals surface area contributed by atoms with Gasteiger partial charge in [-0.05, 0) is 18.9 Å². The molecule has 16 heavy (non-hydrogen) atoms. The minimum atomic E-state index is 0.370. The number of aromatic nitrogens is 2. The number of thiophene rings is 1. The molecule has 2 aromatic rings. The Labute approximate surface area is 105 Å². The van der Waals surface area contributed by atoms with Crippen molar-refractivity contribution in [3.8, 4) is 0 Å². The maximum atomic E-state index is 6.19. The van der Waals surface area contributed by atoms with E-state index >= 15 is 0 Å². The molecule has 0 saturated heterocycles. The summed E-state index contributed by atoms with van der Waals surface area (Å²) >= 11 is 7.91. The van der Waals surface area contributed by atoms with E-state index in [9.17, 15) is 0 Å². The highest BCUT2D eigenvalue weighted by Gasteiger charge is 2.13. The van der Waals surface area contributed by atoms with Crippen LogP contribution in [0.15, 0.2) is 6.07 Å². The van der Waals surface area contributed by atoms with Crippen molar-refractivity contribution in [3.63, 3.8) is 0 Å². The van der Waals surface area contributed by atoms with Crippen molar-refractivity contribution >= 4 is 33.2 Å². The van der Waals surface area contributed by atoms with Gasteiger partial charge in [-0.15, -0.1) is 11.3 Å². The Morgan fingerprint density at radius 2 is 2.12 bits per heavy atom. The van der Waals surface area contributed by atoms with Gasteiger partial charge in [0.2, 0.25) is 0 Å². The molecule has 1 unspecified atom stereocenters. The summed E-state index contributed by atoms with van der Waals surface area (Å²) in [7, 11) is 0. The van der Waals surface area contributed by atoms with Gasteiger partial charge in [0.15, 0.2) is 0 Å². The van der Waals surface area contributed by atoms with E-state index in [0.717, 1.165) is 28.9 Å². The molecule has 2 nitrogen and oxygen atoms in total. The molecular formula is C12H15ClN2S. The van der Waals surface area contributed by atoms with Crippen molar-refractivity contribution in [1.29, 1.82) is 0 Å². The van der Waals surface area contributed by atoms with Crippen LogP contribution in [0.4, 0.5) is 0 Å². The van der Waals surface area contributed by atoms with E-state index in [4.69, 9.17) is 11.6 Å². The molecule has 2 aromatic heterocycles. The van der Waals surface area contributed by atoms with Crippen LogP contribution in [0, 0.1) is 0 Å². The quantitative estimate of drug-likeness (QED) is 0.758. The largest absolute Gasteiger partial charge is 0.222 e. The zero-order valence-corrected chi connectivity index (χ0v) is 11.3. The van der Waals surface area contributed by atoms with Crippen molar-refractivity contribution < 1.29 is 0 Å². The zero-order chi connectivity index (χ0) is 11.7. The highest BCUT2D eigenvalue weighted by Crippen LogP contribution is 2.30. The predicted molar refractivity (Wildman–Crippen MR) is 70.5 cm³/mol. The number of hydrogen-bond donors (Lipinski definition) is 0. The summed E-state index contributed by atoms with van der Waals surface area (Å²) in [5, 5.41) is 1.59. The lowest BCUT2D eigenvalue weighted by atomic mass is 10.1. The van der Waals surface area contributed by atoms with Crippen molar-refractivity contribution in [3.05, 3.63) is 21.9 Å². The third-order valence-electron chi connectivity index (χ3n) is 2.82. The van der Waals surface area contributed by atoms with E-state index in [1.165, 1.54) is 4.88 Å². The van der Waals surface area contributed by atoms with Crippen LogP contribution >= 0.6 is 22.9 Å². The lowest BCUT2D eigenvalue weighted by Gasteiger charge is -2.06. The van der Waals surface area contributed by atoms with Crippen LogP contribution in [-0.2, 0) is 6.42 Å². The monoisotopic (exact) mass is 254 g/mol. The fourth-order valence-electron chi connectivity index (χ4n) is 1.53. The Balaban J connectivity index is 2.57. The molecule has 0 N–H and O–H groups in total. The molecule has 0 radical (unpaired) electrons. The van der Waals surface area contributed by atoms with Crippen LogP contribution in [0.25, 0.3) is 10.2 Å². The second-order valence-electron chi connectivity index (χ2n) is 3.97. The van der Waals surface area contributed by atoms with Gasteiger partial charge in [-0.3, -0.25) is 0 Å². The predicted octanol–water partition coefficient (Wildman–Crippen LogP) is 4.42. The second-order valence-corrected chi connectivity index (χ2v) is 5.44. The van der Waals surface area contributed by atoms with E-state index in [0.29, 0.717) is 11.1 Å². The van der Waals surface area contributed by atoms with Gasteiger partial charge >= 0.3 is 0 Å². The van der Waals surface area contributed by atoms with Gasteiger partial charge in [0.25, 0.3) is 0 Å². The fourth-order valence-corrected chi connectivity index (χ4v) is 2.79. The number of hydrogen-bond acceptors (Lipinski definition) is 3. The van der Waals surface area contributed by atoms with Gasteiger partial charge < -0.3 is 0 Å². The zero-order valence-electron chi connectivity index (χ0n) is 9.75. The van der Waals surface area contributed by atoms with Crippen molar-refractivity contribution in [2.24, 2.45) is 0 Å². The number of halogens is 1. The summed E-state index contributed by atoms with van der Waals surface area (Å²) in [4.78, 5) is 11.3. The highest BCUT2D eigenvalue weighted by molar-refractivity contribution is 7.18. The van der Waals surface area contributed by atoms with Crippen LogP contribution in [-0.4, -0.2) is 9.97 Å². The first-order valence-corrected chi connectivity index (χ1v) is 6.81. The van der Waals surface area contributed by atoms with Crippen molar-refractivity contribution in [2.45, 2.75) is 39.5 Å². The molecule has 0 spiro atoms. The summed E-state index contributed by atoms with van der Waals surface area (Å²) in [6.07, 6.45) is 2.06. The summed E-state index contributed by atoms with van der Waals surface area (Å²) in [5.74, 6) is 1.23. The minimum absolute atomic E-state index is 0.370. The van der Waals surface area contributed by atoms with Gasteiger partial charge in [0.1, 0.15) is 15.8 Å². The molecule has 86 valence electrons. The summed E-state index contributed by atoms with van der Waals surface area (Å²) in [5.41, 5.74) is 0. The molecule has 0 amide bonds. The average molecular weight is 255 g/mol. The third kappa shape index (κ3) is 2.06. The van der Waals surface area contributed by atoms with Crippen molar-refractivity contribution in [1.82, 2.24) is 9.97 Å². The van der Waals surface area contributed by atoms with E-state index in [1.807, 2.05) is 0 Å². The van der Waals surface area contributed by atoms with Gasteiger partial charge in [-0.2, -0.15) is 0 Å². The van der Waals surface area contributed by atoms with E-state index < -0.39 is 0 Å². The molecule has 0 aliphatic rings. The Morgan fingerprint density at radius 1 is 1.38 bits per heavy atom. The van der Waals surface area contributed by atoms with Crippen LogP contribution in [0.1, 0.15) is 43.8 Å². The molecule has 0 aromatic carbocycles. The molecular weight excluding hydrogens is 240 g/mol. The number of fused-ring (bicyclic) bond motifs is 1. The Morgan fingerprint density at radius 3 is 2.75 bits per heavy atom. The van der Waals surface area contributed by atoms with Crippen LogP contribution in [0.2, 0.25) is 5.15 Å². The standard InChI is InChI=1S/C12H15ClN2S/c1-4-7(3)11-14-10(13)9-6-8(5-2)16-12(9)15-11/h6-7H,4-5H2,1-3H3. The number of rotatable bonds is 3. The van der Waals surface area contributed by atoms with Gasteiger partial charge in [0.05, 0.1) is 0 Å². The van der Waals surface area contributed by atoms with Crippen LogP contribution < -0.4 is 0 Å². The molecule has 0 aliphatic carbocycles. The molecule has 0 aliphatic heterocycles. The number of nitrogens with zero attached hydrogens (tertiary/aromatic N) is 2.